The third-order valence-electron chi connectivity index (χ3n) is 5.12. The van der Waals surface area contributed by atoms with Gasteiger partial charge in [-0.05, 0) is 36.8 Å². The Hall–Kier alpha value is -3.54. The summed E-state index contributed by atoms with van der Waals surface area (Å²) in [5, 5.41) is 0.467. The van der Waals surface area contributed by atoms with Crippen LogP contribution >= 0.6 is 0 Å². The molecule has 0 unspecified atom stereocenters. The van der Waals surface area contributed by atoms with Crippen molar-refractivity contribution in [3.8, 4) is 11.5 Å². The van der Waals surface area contributed by atoms with Gasteiger partial charge in [0, 0.05) is 7.05 Å². The van der Waals surface area contributed by atoms with Crippen LogP contribution in [-0.2, 0) is 0 Å². The van der Waals surface area contributed by atoms with Gasteiger partial charge in [-0.25, -0.2) is 0 Å². The summed E-state index contributed by atoms with van der Waals surface area (Å²) >= 11 is 0. The maximum Gasteiger partial charge on any atom is 0.290 e. The van der Waals surface area contributed by atoms with Gasteiger partial charge in [0.1, 0.15) is 12.2 Å². The molecule has 148 valence electrons. The smallest absolute Gasteiger partial charge is 0.290 e. The van der Waals surface area contributed by atoms with Crippen molar-refractivity contribution in [3.63, 3.8) is 0 Å². The van der Waals surface area contributed by atoms with Crippen molar-refractivity contribution in [1.82, 2.24) is 4.90 Å². The highest BCUT2D eigenvalue weighted by molar-refractivity contribution is 5.98. The maximum atomic E-state index is 13.3. The first kappa shape index (κ1) is 18.8. The molecule has 0 bridgehead atoms. The van der Waals surface area contributed by atoms with E-state index < -0.39 is 6.04 Å². The predicted octanol–water partition coefficient (Wildman–Crippen LogP) is 3.85. The van der Waals surface area contributed by atoms with Gasteiger partial charge in [0.15, 0.2) is 16.9 Å². The number of rotatable bonds is 5. The summed E-state index contributed by atoms with van der Waals surface area (Å²) in [6.07, 6.45) is 1.64. The number of hydrogen-bond acceptors (Lipinski definition) is 5. The van der Waals surface area contributed by atoms with Crippen molar-refractivity contribution in [2.24, 2.45) is 0 Å². The SMILES string of the molecule is C=CCOc1ccc([C@H]2c3c(oc4ccc(C)cc4c3=O)C(=O)N2C)cc1OC. The molecule has 0 saturated carbocycles. The fraction of sp³-hybridized carbons (Fsp3) is 0.217. The quantitative estimate of drug-likeness (QED) is 0.618. The van der Waals surface area contributed by atoms with E-state index in [9.17, 15) is 9.59 Å². The van der Waals surface area contributed by atoms with E-state index in [4.69, 9.17) is 13.9 Å². The van der Waals surface area contributed by atoms with Crippen LogP contribution in [0.4, 0.5) is 0 Å². The molecule has 29 heavy (non-hydrogen) atoms. The van der Waals surface area contributed by atoms with Crippen LogP contribution in [0.25, 0.3) is 11.0 Å². The summed E-state index contributed by atoms with van der Waals surface area (Å²) in [6.45, 7) is 5.89. The molecule has 6 nitrogen and oxygen atoms in total. The zero-order valence-electron chi connectivity index (χ0n) is 16.5. The summed E-state index contributed by atoms with van der Waals surface area (Å²) in [4.78, 5) is 27.7. The van der Waals surface area contributed by atoms with Gasteiger partial charge >= 0.3 is 0 Å². The highest BCUT2D eigenvalue weighted by Crippen LogP contribution is 2.40. The molecular weight excluding hydrogens is 370 g/mol. The fourth-order valence-electron chi connectivity index (χ4n) is 3.71. The molecular formula is C23H21NO5. The van der Waals surface area contributed by atoms with E-state index in [1.54, 1.807) is 44.5 Å². The second-order valence-electron chi connectivity index (χ2n) is 7.00. The van der Waals surface area contributed by atoms with Gasteiger partial charge in [-0.2, -0.15) is 0 Å². The van der Waals surface area contributed by atoms with Crippen LogP contribution < -0.4 is 14.9 Å². The molecule has 3 aromatic rings. The Morgan fingerprint density at radius 2 is 1.97 bits per heavy atom. The number of carbonyl (C=O) groups is 1. The monoisotopic (exact) mass is 391 g/mol. The average molecular weight is 391 g/mol. The van der Waals surface area contributed by atoms with Gasteiger partial charge in [-0.3, -0.25) is 9.59 Å². The largest absolute Gasteiger partial charge is 0.493 e. The van der Waals surface area contributed by atoms with Crippen LogP contribution in [0.5, 0.6) is 11.5 Å². The van der Waals surface area contributed by atoms with Crippen molar-refractivity contribution < 1.29 is 18.7 Å². The van der Waals surface area contributed by atoms with E-state index in [2.05, 4.69) is 6.58 Å². The Labute approximate surface area is 168 Å². The molecule has 4 rings (SSSR count). The van der Waals surface area contributed by atoms with E-state index in [1.807, 2.05) is 19.1 Å². The first-order valence-corrected chi connectivity index (χ1v) is 9.22. The molecule has 0 aliphatic carbocycles. The van der Waals surface area contributed by atoms with Gasteiger partial charge in [0.2, 0.25) is 5.76 Å². The lowest BCUT2D eigenvalue weighted by molar-refractivity contribution is 0.0771. The van der Waals surface area contributed by atoms with Crippen LogP contribution in [0, 0.1) is 6.92 Å². The van der Waals surface area contributed by atoms with E-state index in [-0.39, 0.29) is 17.1 Å². The lowest BCUT2D eigenvalue weighted by atomic mass is 9.98. The summed E-state index contributed by atoms with van der Waals surface area (Å²) in [6, 6.07) is 10.2. The van der Waals surface area contributed by atoms with Gasteiger partial charge in [-0.15, -0.1) is 0 Å². The second kappa shape index (κ2) is 7.13. The molecule has 1 aliphatic rings. The molecule has 0 spiro atoms. The summed E-state index contributed by atoms with van der Waals surface area (Å²) in [7, 11) is 3.20. The number of methoxy groups -OCH3 is 1. The van der Waals surface area contributed by atoms with Crippen LogP contribution in [0.1, 0.15) is 33.3 Å². The first-order chi connectivity index (χ1) is 14.0. The van der Waals surface area contributed by atoms with Crippen molar-refractivity contribution in [2.45, 2.75) is 13.0 Å². The minimum absolute atomic E-state index is 0.0878. The first-order valence-electron chi connectivity index (χ1n) is 9.22. The Morgan fingerprint density at radius 3 is 2.69 bits per heavy atom. The molecule has 1 amide bonds. The molecule has 0 radical (unpaired) electrons. The number of aryl methyl sites for hydroxylation is 1. The van der Waals surface area contributed by atoms with E-state index in [0.29, 0.717) is 34.6 Å². The fourth-order valence-corrected chi connectivity index (χ4v) is 3.71. The summed E-state index contributed by atoms with van der Waals surface area (Å²) in [5.74, 6) is 0.838. The highest BCUT2D eigenvalue weighted by atomic mass is 16.5. The normalized spacial score (nSPS) is 15.5. The molecule has 0 saturated heterocycles. The van der Waals surface area contributed by atoms with Crippen molar-refractivity contribution >= 4 is 16.9 Å². The zero-order valence-corrected chi connectivity index (χ0v) is 16.5. The molecule has 1 aromatic heterocycles. The second-order valence-corrected chi connectivity index (χ2v) is 7.00. The third-order valence-corrected chi connectivity index (χ3v) is 5.12. The number of hydrogen-bond donors (Lipinski definition) is 0. The van der Waals surface area contributed by atoms with Gasteiger partial charge in [0.25, 0.3) is 5.91 Å². The lowest BCUT2D eigenvalue weighted by Gasteiger charge is -2.21. The number of amides is 1. The number of ether oxygens (including phenoxy) is 2. The van der Waals surface area contributed by atoms with E-state index in [1.165, 1.54) is 4.90 Å². The maximum absolute atomic E-state index is 13.3. The number of benzene rings is 2. The van der Waals surface area contributed by atoms with E-state index >= 15 is 0 Å². The van der Waals surface area contributed by atoms with Gasteiger partial charge < -0.3 is 18.8 Å². The highest BCUT2D eigenvalue weighted by Gasteiger charge is 2.41. The van der Waals surface area contributed by atoms with Crippen LogP contribution in [-0.4, -0.2) is 31.6 Å². The zero-order chi connectivity index (χ0) is 20.7. The van der Waals surface area contributed by atoms with Crippen molar-refractivity contribution in [1.29, 1.82) is 0 Å². The molecule has 0 N–H and O–H groups in total. The average Bonchev–Trinajstić information content (AvgIpc) is 2.98. The Balaban J connectivity index is 1.90. The Morgan fingerprint density at radius 1 is 1.17 bits per heavy atom. The van der Waals surface area contributed by atoms with Crippen molar-refractivity contribution in [2.75, 3.05) is 20.8 Å². The van der Waals surface area contributed by atoms with Crippen LogP contribution in [0.3, 0.4) is 0 Å². The molecule has 1 atom stereocenters. The lowest BCUT2D eigenvalue weighted by Crippen LogP contribution is -2.25. The van der Waals surface area contributed by atoms with Crippen molar-refractivity contribution in [3.05, 3.63) is 81.7 Å². The third kappa shape index (κ3) is 2.97. The minimum atomic E-state index is -0.569. The molecule has 6 heteroatoms. The van der Waals surface area contributed by atoms with E-state index in [0.717, 1.165) is 11.1 Å². The Kier molecular flexibility index (Phi) is 4.62. The van der Waals surface area contributed by atoms with Crippen LogP contribution in [0.15, 0.2) is 58.3 Å². The summed E-state index contributed by atoms with van der Waals surface area (Å²) < 4.78 is 16.9. The molecule has 2 heterocycles. The number of fused-ring (bicyclic) bond motifs is 2. The van der Waals surface area contributed by atoms with Crippen LogP contribution in [0.2, 0.25) is 0 Å². The number of carbonyl (C=O) groups excluding carboxylic acids is 1. The predicted molar refractivity (Wildman–Crippen MR) is 110 cm³/mol. The molecule has 0 fully saturated rings. The molecule has 2 aromatic carbocycles. The summed E-state index contributed by atoms with van der Waals surface area (Å²) in [5.41, 5.74) is 2.24. The Bertz CT molecular complexity index is 1190. The topological polar surface area (TPSA) is 69.0 Å². The minimum Gasteiger partial charge on any atom is -0.493 e. The molecule has 1 aliphatic heterocycles. The number of nitrogens with zero attached hydrogens (tertiary/aromatic N) is 1. The van der Waals surface area contributed by atoms with Gasteiger partial charge in [-0.1, -0.05) is 30.4 Å². The standard InChI is InChI=1S/C23H21NO5/c1-5-10-28-17-9-7-14(12-18(17)27-4)20-19-21(25)15-11-13(2)6-8-16(15)29-22(19)23(26)24(20)3/h5-9,11-12,20H,1,10H2,2-4H3/t20-/m0/s1. The van der Waals surface area contributed by atoms with Gasteiger partial charge in [0.05, 0.1) is 24.1 Å².